The molecule has 0 heterocycles. The Bertz CT molecular complexity index is 283. The van der Waals surface area contributed by atoms with E-state index in [0.29, 0.717) is 18.9 Å². The van der Waals surface area contributed by atoms with Gasteiger partial charge in [0.2, 0.25) is 0 Å². The normalized spacial score (nSPS) is 13.2. The number of aliphatic hydroxyl groups is 1. The minimum Gasteiger partial charge on any atom is -0.391 e. The van der Waals surface area contributed by atoms with E-state index in [1.165, 1.54) is 11.1 Å². The second-order valence-corrected chi connectivity index (χ2v) is 3.95. The van der Waals surface area contributed by atoms with Gasteiger partial charge in [0.05, 0.1) is 6.10 Å². The summed E-state index contributed by atoms with van der Waals surface area (Å²) in [4.78, 5) is 0. The number of benzene rings is 1. The summed E-state index contributed by atoms with van der Waals surface area (Å²) in [6.45, 7) is 4.65. The Balaban J connectivity index is 2.84. The van der Waals surface area contributed by atoms with Crippen LogP contribution >= 0.6 is 0 Å². The van der Waals surface area contributed by atoms with Gasteiger partial charge in [0.15, 0.2) is 0 Å². The highest BCUT2D eigenvalue weighted by Crippen LogP contribution is 2.20. The minimum atomic E-state index is -0.421. The number of aliphatic hydroxyl groups excluding tert-OH is 1. The van der Waals surface area contributed by atoms with E-state index in [1.807, 2.05) is 12.1 Å². The van der Waals surface area contributed by atoms with Crippen LogP contribution in [0.15, 0.2) is 24.3 Å². The lowest BCUT2D eigenvalue weighted by molar-refractivity contribution is 0.183. The summed E-state index contributed by atoms with van der Waals surface area (Å²) in [5.41, 5.74) is 7.91. The highest BCUT2D eigenvalue weighted by Gasteiger charge is 2.09. The van der Waals surface area contributed by atoms with Gasteiger partial charge in [0.1, 0.15) is 0 Å². The summed E-state index contributed by atoms with van der Waals surface area (Å²) < 4.78 is 0. The highest BCUT2D eigenvalue weighted by molar-refractivity contribution is 5.30. The molecule has 0 bridgehead atoms. The van der Waals surface area contributed by atoms with Crippen LogP contribution in [-0.2, 0) is 6.42 Å². The largest absolute Gasteiger partial charge is 0.391 e. The maximum Gasteiger partial charge on any atom is 0.0702 e. The van der Waals surface area contributed by atoms with Crippen molar-refractivity contribution in [3.63, 3.8) is 0 Å². The van der Waals surface area contributed by atoms with E-state index in [-0.39, 0.29) is 0 Å². The first-order valence-electron chi connectivity index (χ1n) is 5.11. The quantitative estimate of drug-likeness (QED) is 0.764. The highest BCUT2D eigenvalue weighted by atomic mass is 16.3. The van der Waals surface area contributed by atoms with Crippen molar-refractivity contribution in [3.8, 4) is 0 Å². The molecule has 0 aliphatic rings. The third-order valence-electron chi connectivity index (χ3n) is 2.40. The number of hydrogen-bond donors (Lipinski definition) is 2. The van der Waals surface area contributed by atoms with Gasteiger partial charge in [0.25, 0.3) is 0 Å². The fourth-order valence-electron chi connectivity index (χ4n) is 1.62. The van der Waals surface area contributed by atoms with E-state index in [0.717, 1.165) is 0 Å². The summed E-state index contributed by atoms with van der Waals surface area (Å²) in [5, 5.41) is 9.49. The van der Waals surface area contributed by atoms with Crippen LogP contribution in [0, 0.1) is 0 Å². The van der Waals surface area contributed by atoms with Crippen molar-refractivity contribution in [1.82, 2.24) is 0 Å². The van der Waals surface area contributed by atoms with Gasteiger partial charge in [-0.15, -0.1) is 0 Å². The van der Waals surface area contributed by atoms with Crippen molar-refractivity contribution in [2.75, 3.05) is 6.54 Å². The standard InChI is InChI=1S/C12H19NO/c1-9(2)12-6-4-3-5-10(12)7-11(14)8-13/h3-6,9,11,14H,7-8,13H2,1-2H3. The van der Waals surface area contributed by atoms with E-state index in [9.17, 15) is 5.11 Å². The van der Waals surface area contributed by atoms with Gasteiger partial charge in [-0.3, -0.25) is 0 Å². The van der Waals surface area contributed by atoms with Crippen LogP contribution in [0.4, 0.5) is 0 Å². The Morgan fingerprint density at radius 3 is 2.50 bits per heavy atom. The third kappa shape index (κ3) is 2.82. The Kier molecular flexibility index (Phi) is 4.11. The maximum atomic E-state index is 9.49. The fraction of sp³-hybridized carbons (Fsp3) is 0.500. The number of nitrogens with two attached hydrogens (primary N) is 1. The van der Waals surface area contributed by atoms with Crippen LogP contribution in [0.5, 0.6) is 0 Å². The lowest BCUT2D eigenvalue weighted by Crippen LogP contribution is -2.22. The van der Waals surface area contributed by atoms with E-state index in [1.54, 1.807) is 0 Å². The Hall–Kier alpha value is -0.860. The Morgan fingerprint density at radius 2 is 1.93 bits per heavy atom. The maximum absolute atomic E-state index is 9.49. The SMILES string of the molecule is CC(C)c1ccccc1CC(O)CN. The fourth-order valence-corrected chi connectivity index (χ4v) is 1.62. The van der Waals surface area contributed by atoms with Gasteiger partial charge < -0.3 is 10.8 Å². The number of hydrogen-bond acceptors (Lipinski definition) is 2. The summed E-state index contributed by atoms with van der Waals surface area (Å²) in [7, 11) is 0. The lowest BCUT2D eigenvalue weighted by atomic mass is 9.94. The average molecular weight is 193 g/mol. The molecule has 0 amide bonds. The van der Waals surface area contributed by atoms with Gasteiger partial charge in [-0.2, -0.15) is 0 Å². The predicted molar refractivity (Wildman–Crippen MR) is 59.3 cm³/mol. The van der Waals surface area contributed by atoms with Crippen molar-refractivity contribution < 1.29 is 5.11 Å². The molecule has 0 aliphatic carbocycles. The first kappa shape index (κ1) is 11.2. The molecule has 0 saturated carbocycles. The van der Waals surface area contributed by atoms with Crippen molar-refractivity contribution in [3.05, 3.63) is 35.4 Å². The molecule has 0 aliphatic heterocycles. The van der Waals surface area contributed by atoms with Crippen molar-refractivity contribution in [1.29, 1.82) is 0 Å². The molecular formula is C12H19NO. The molecule has 78 valence electrons. The van der Waals surface area contributed by atoms with E-state index >= 15 is 0 Å². The molecular weight excluding hydrogens is 174 g/mol. The van der Waals surface area contributed by atoms with Crippen LogP contribution < -0.4 is 5.73 Å². The molecule has 0 spiro atoms. The van der Waals surface area contributed by atoms with Gasteiger partial charge in [-0.05, 0) is 23.5 Å². The predicted octanol–water partition coefficient (Wildman–Crippen LogP) is 1.67. The molecule has 3 N–H and O–H groups in total. The molecule has 1 aromatic rings. The second kappa shape index (κ2) is 5.13. The first-order valence-corrected chi connectivity index (χ1v) is 5.11. The monoisotopic (exact) mass is 193 g/mol. The zero-order valence-corrected chi connectivity index (χ0v) is 8.90. The van der Waals surface area contributed by atoms with Gasteiger partial charge in [0, 0.05) is 6.54 Å². The minimum absolute atomic E-state index is 0.326. The van der Waals surface area contributed by atoms with Gasteiger partial charge in [-0.1, -0.05) is 38.1 Å². The summed E-state index contributed by atoms with van der Waals surface area (Å²) >= 11 is 0. The van der Waals surface area contributed by atoms with Crippen LogP contribution in [-0.4, -0.2) is 17.8 Å². The zero-order chi connectivity index (χ0) is 10.6. The molecule has 0 radical (unpaired) electrons. The second-order valence-electron chi connectivity index (χ2n) is 3.95. The van der Waals surface area contributed by atoms with Crippen molar-refractivity contribution in [2.24, 2.45) is 5.73 Å². The molecule has 2 nitrogen and oxygen atoms in total. The smallest absolute Gasteiger partial charge is 0.0702 e. The topological polar surface area (TPSA) is 46.2 Å². The van der Waals surface area contributed by atoms with Crippen molar-refractivity contribution in [2.45, 2.75) is 32.3 Å². The van der Waals surface area contributed by atoms with E-state index in [2.05, 4.69) is 26.0 Å². The molecule has 0 saturated heterocycles. The van der Waals surface area contributed by atoms with Gasteiger partial charge >= 0.3 is 0 Å². The molecule has 2 heteroatoms. The Morgan fingerprint density at radius 1 is 1.29 bits per heavy atom. The molecule has 1 aromatic carbocycles. The lowest BCUT2D eigenvalue weighted by Gasteiger charge is -2.14. The number of rotatable bonds is 4. The van der Waals surface area contributed by atoms with E-state index in [4.69, 9.17) is 5.73 Å². The zero-order valence-electron chi connectivity index (χ0n) is 8.90. The Labute approximate surface area is 85.8 Å². The van der Waals surface area contributed by atoms with E-state index < -0.39 is 6.10 Å². The molecule has 0 aromatic heterocycles. The third-order valence-corrected chi connectivity index (χ3v) is 2.40. The molecule has 14 heavy (non-hydrogen) atoms. The molecule has 1 atom stereocenters. The molecule has 1 unspecified atom stereocenters. The van der Waals surface area contributed by atoms with Crippen LogP contribution in [0.1, 0.15) is 30.9 Å². The van der Waals surface area contributed by atoms with Gasteiger partial charge in [-0.25, -0.2) is 0 Å². The molecule has 0 fully saturated rings. The first-order chi connectivity index (χ1) is 6.65. The summed E-state index contributed by atoms with van der Waals surface area (Å²) in [6, 6.07) is 8.22. The van der Waals surface area contributed by atoms with Crippen molar-refractivity contribution >= 4 is 0 Å². The van der Waals surface area contributed by atoms with Crippen LogP contribution in [0.2, 0.25) is 0 Å². The molecule has 1 rings (SSSR count). The summed E-state index contributed by atoms with van der Waals surface area (Å²) in [6.07, 6.45) is 0.236. The average Bonchev–Trinajstić information content (AvgIpc) is 2.18. The van der Waals surface area contributed by atoms with Crippen LogP contribution in [0.25, 0.3) is 0 Å². The van der Waals surface area contributed by atoms with Crippen LogP contribution in [0.3, 0.4) is 0 Å². The summed E-state index contributed by atoms with van der Waals surface area (Å²) in [5.74, 6) is 0.496.